The smallest absolute Gasteiger partial charge is 0.141 e. The van der Waals surface area contributed by atoms with Crippen LogP contribution in [0.2, 0.25) is 0 Å². The van der Waals surface area contributed by atoms with Crippen molar-refractivity contribution in [3.8, 4) is 5.75 Å². The zero-order chi connectivity index (χ0) is 11.8. The average molecular weight is 224 g/mol. The summed E-state index contributed by atoms with van der Waals surface area (Å²) < 4.78 is 10.4. The maximum atomic E-state index is 5.30. The molecule has 0 aromatic carbocycles. The summed E-state index contributed by atoms with van der Waals surface area (Å²) in [6.45, 7) is 0.771. The minimum Gasteiger partial charge on any atom is -0.495 e. The van der Waals surface area contributed by atoms with E-state index in [2.05, 4.69) is 10.3 Å². The molecule has 0 aliphatic heterocycles. The maximum Gasteiger partial charge on any atom is 0.141 e. The predicted octanol–water partition coefficient (Wildman–Crippen LogP) is 1.78. The molecule has 0 bridgehead atoms. The molecule has 1 aromatic heterocycles. The Kier molecular flexibility index (Phi) is 5.82. The fourth-order valence-corrected chi connectivity index (χ4v) is 1.69. The Hall–Kier alpha value is -1.13. The summed E-state index contributed by atoms with van der Waals surface area (Å²) in [6.07, 6.45) is 3.78. The van der Waals surface area contributed by atoms with Crippen molar-refractivity contribution in [2.75, 3.05) is 27.9 Å². The van der Waals surface area contributed by atoms with Gasteiger partial charge in [0.1, 0.15) is 5.75 Å². The van der Waals surface area contributed by atoms with Crippen molar-refractivity contribution in [2.24, 2.45) is 0 Å². The Morgan fingerprint density at radius 3 is 2.88 bits per heavy atom. The lowest BCUT2D eigenvalue weighted by molar-refractivity contribution is 0.189. The number of methoxy groups -OCH3 is 2. The number of rotatable bonds is 7. The van der Waals surface area contributed by atoms with Crippen molar-refractivity contribution in [3.63, 3.8) is 0 Å². The van der Waals surface area contributed by atoms with Crippen molar-refractivity contribution in [1.29, 1.82) is 0 Å². The Balaban J connectivity index is 2.69. The summed E-state index contributed by atoms with van der Waals surface area (Å²) in [5.41, 5.74) is 0.962. The van der Waals surface area contributed by atoms with Gasteiger partial charge in [-0.3, -0.25) is 4.98 Å². The van der Waals surface area contributed by atoms with Crippen LogP contribution < -0.4 is 10.1 Å². The van der Waals surface area contributed by atoms with Crippen LogP contribution in [0.1, 0.15) is 24.6 Å². The van der Waals surface area contributed by atoms with E-state index in [0.717, 1.165) is 30.9 Å². The molecule has 90 valence electrons. The van der Waals surface area contributed by atoms with Crippen LogP contribution in [0.25, 0.3) is 0 Å². The normalized spacial score (nSPS) is 12.4. The van der Waals surface area contributed by atoms with Crippen molar-refractivity contribution in [3.05, 3.63) is 24.0 Å². The van der Waals surface area contributed by atoms with Gasteiger partial charge >= 0.3 is 0 Å². The van der Waals surface area contributed by atoms with E-state index >= 15 is 0 Å². The lowest BCUT2D eigenvalue weighted by atomic mass is 10.1. The van der Waals surface area contributed by atoms with Gasteiger partial charge < -0.3 is 14.8 Å². The van der Waals surface area contributed by atoms with Gasteiger partial charge in [-0.15, -0.1) is 0 Å². The molecule has 0 amide bonds. The van der Waals surface area contributed by atoms with E-state index in [0.29, 0.717) is 0 Å². The fraction of sp³-hybridized carbons (Fsp3) is 0.583. The van der Waals surface area contributed by atoms with Crippen LogP contribution in [0.4, 0.5) is 0 Å². The highest BCUT2D eigenvalue weighted by Gasteiger charge is 2.14. The summed E-state index contributed by atoms with van der Waals surface area (Å²) in [4.78, 5) is 4.37. The molecule has 0 saturated carbocycles. The second-order valence-electron chi connectivity index (χ2n) is 3.57. The molecule has 0 fully saturated rings. The fourth-order valence-electron chi connectivity index (χ4n) is 1.69. The van der Waals surface area contributed by atoms with Crippen LogP contribution in [-0.2, 0) is 4.74 Å². The second kappa shape index (κ2) is 7.19. The zero-order valence-corrected chi connectivity index (χ0v) is 10.2. The predicted molar refractivity (Wildman–Crippen MR) is 63.7 cm³/mol. The third-order valence-electron chi connectivity index (χ3n) is 2.54. The van der Waals surface area contributed by atoms with Gasteiger partial charge in [0.2, 0.25) is 0 Å². The Morgan fingerprint density at radius 1 is 1.44 bits per heavy atom. The van der Waals surface area contributed by atoms with Gasteiger partial charge in [-0.2, -0.15) is 0 Å². The van der Waals surface area contributed by atoms with E-state index in [4.69, 9.17) is 9.47 Å². The van der Waals surface area contributed by atoms with Crippen LogP contribution in [0.3, 0.4) is 0 Å². The molecule has 0 spiro atoms. The van der Waals surface area contributed by atoms with Crippen LogP contribution >= 0.6 is 0 Å². The molecule has 1 unspecified atom stereocenters. The van der Waals surface area contributed by atoms with Gasteiger partial charge in [-0.05, 0) is 32.0 Å². The number of nitrogens with zero attached hydrogens (tertiary/aromatic N) is 1. The highest BCUT2D eigenvalue weighted by Crippen LogP contribution is 2.25. The largest absolute Gasteiger partial charge is 0.495 e. The SMILES string of the molecule is CNC(CCCOC)c1ncccc1OC. The second-order valence-corrected chi connectivity index (χ2v) is 3.57. The summed E-state index contributed by atoms with van der Waals surface area (Å²) >= 11 is 0. The van der Waals surface area contributed by atoms with Gasteiger partial charge in [-0.1, -0.05) is 0 Å². The molecule has 1 rings (SSSR count). The lowest BCUT2D eigenvalue weighted by Gasteiger charge is -2.17. The molecule has 1 heterocycles. The van der Waals surface area contributed by atoms with Gasteiger partial charge in [0, 0.05) is 19.9 Å². The molecular formula is C12H20N2O2. The summed E-state index contributed by atoms with van der Waals surface area (Å²) in [5.74, 6) is 0.833. The first-order valence-electron chi connectivity index (χ1n) is 5.48. The number of hydrogen-bond donors (Lipinski definition) is 1. The van der Waals surface area contributed by atoms with Crippen LogP contribution in [-0.4, -0.2) is 32.9 Å². The molecule has 1 atom stereocenters. The van der Waals surface area contributed by atoms with E-state index < -0.39 is 0 Å². The molecular weight excluding hydrogens is 204 g/mol. The van der Waals surface area contributed by atoms with E-state index in [9.17, 15) is 0 Å². The highest BCUT2D eigenvalue weighted by molar-refractivity contribution is 5.29. The number of nitrogens with one attached hydrogen (secondary N) is 1. The maximum absolute atomic E-state index is 5.30. The standard InChI is InChI=1S/C12H20N2O2/c1-13-10(6-5-9-15-2)12-11(16-3)7-4-8-14-12/h4,7-8,10,13H,5-6,9H2,1-3H3. The Bertz CT molecular complexity index is 305. The quantitative estimate of drug-likeness (QED) is 0.717. The summed E-state index contributed by atoms with van der Waals surface area (Å²) in [5, 5.41) is 3.25. The summed E-state index contributed by atoms with van der Waals surface area (Å²) in [6, 6.07) is 4.03. The molecule has 0 aliphatic carbocycles. The highest BCUT2D eigenvalue weighted by atomic mass is 16.5. The minimum absolute atomic E-state index is 0.214. The molecule has 4 heteroatoms. The molecule has 1 aromatic rings. The van der Waals surface area contributed by atoms with Crippen molar-refractivity contribution >= 4 is 0 Å². The molecule has 0 radical (unpaired) electrons. The van der Waals surface area contributed by atoms with Crippen molar-refractivity contribution in [1.82, 2.24) is 10.3 Å². The first kappa shape index (κ1) is 12.9. The molecule has 16 heavy (non-hydrogen) atoms. The third kappa shape index (κ3) is 3.47. The zero-order valence-electron chi connectivity index (χ0n) is 10.2. The average Bonchev–Trinajstić information content (AvgIpc) is 2.35. The van der Waals surface area contributed by atoms with Gasteiger partial charge in [-0.25, -0.2) is 0 Å². The third-order valence-corrected chi connectivity index (χ3v) is 2.54. The first-order chi connectivity index (χ1) is 7.83. The van der Waals surface area contributed by atoms with E-state index in [1.165, 1.54) is 0 Å². The van der Waals surface area contributed by atoms with Crippen LogP contribution in [0, 0.1) is 0 Å². The molecule has 1 N–H and O–H groups in total. The monoisotopic (exact) mass is 224 g/mol. The van der Waals surface area contributed by atoms with Gasteiger partial charge in [0.15, 0.2) is 0 Å². The van der Waals surface area contributed by atoms with Gasteiger partial charge in [0.25, 0.3) is 0 Å². The van der Waals surface area contributed by atoms with Crippen LogP contribution in [0.5, 0.6) is 5.75 Å². The van der Waals surface area contributed by atoms with Crippen molar-refractivity contribution in [2.45, 2.75) is 18.9 Å². The molecule has 4 nitrogen and oxygen atoms in total. The van der Waals surface area contributed by atoms with E-state index in [1.54, 1.807) is 20.4 Å². The molecule has 0 aliphatic rings. The van der Waals surface area contributed by atoms with Crippen LogP contribution in [0.15, 0.2) is 18.3 Å². The minimum atomic E-state index is 0.214. The molecule has 0 saturated heterocycles. The Labute approximate surface area is 97.0 Å². The van der Waals surface area contributed by atoms with Gasteiger partial charge in [0.05, 0.1) is 18.8 Å². The topological polar surface area (TPSA) is 43.4 Å². The van der Waals surface area contributed by atoms with E-state index in [1.807, 2.05) is 19.2 Å². The number of hydrogen-bond acceptors (Lipinski definition) is 4. The van der Waals surface area contributed by atoms with Crippen molar-refractivity contribution < 1.29 is 9.47 Å². The summed E-state index contributed by atoms with van der Waals surface area (Å²) in [7, 11) is 5.32. The Morgan fingerprint density at radius 2 is 2.25 bits per heavy atom. The number of pyridine rings is 1. The van der Waals surface area contributed by atoms with E-state index in [-0.39, 0.29) is 6.04 Å². The number of ether oxygens (including phenoxy) is 2. The lowest BCUT2D eigenvalue weighted by Crippen LogP contribution is -2.19. The first-order valence-corrected chi connectivity index (χ1v) is 5.48. The number of aromatic nitrogens is 1.